The monoisotopic (exact) mass is 424 g/mol. The van der Waals surface area contributed by atoms with Gasteiger partial charge in [0.2, 0.25) is 11.1 Å². The van der Waals surface area contributed by atoms with E-state index in [1.807, 2.05) is 55.5 Å². The number of fused-ring (bicyclic) bond motifs is 1. The standard InChI is InChI=1S/C20H17ClN6OS/c1-12-16-8-3-4-9-17(16)23-18(19(12)21)11-29-20-24-25-26-27(20)15-7-5-6-14(10-15)22-13(2)28/h3-10H,11H2,1-2H3,(H,22,28). The van der Waals surface area contributed by atoms with Gasteiger partial charge in [-0.05, 0) is 47.2 Å². The Balaban J connectivity index is 1.60. The quantitative estimate of drug-likeness (QED) is 0.477. The number of thioether (sulfide) groups is 1. The molecule has 0 saturated carbocycles. The van der Waals surface area contributed by atoms with E-state index in [1.54, 1.807) is 4.68 Å². The van der Waals surface area contributed by atoms with Crippen LogP contribution in [0.15, 0.2) is 53.7 Å². The molecular formula is C20H17ClN6OS. The van der Waals surface area contributed by atoms with E-state index in [-0.39, 0.29) is 5.91 Å². The number of aryl methyl sites for hydroxylation is 1. The number of nitrogens with zero attached hydrogens (tertiary/aromatic N) is 5. The number of hydrogen-bond acceptors (Lipinski definition) is 6. The van der Waals surface area contributed by atoms with Crippen molar-refractivity contribution in [2.24, 2.45) is 0 Å². The molecule has 0 unspecified atom stereocenters. The number of benzene rings is 2. The van der Waals surface area contributed by atoms with Gasteiger partial charge in [0.1, 0.15) is 0 Å². The van der Waals surface area contributed by atoms with Crippen LogP contribution in [0.4, 0.5) is 5.69 Å². The zero-order chi connectivity index (χ0) is 20.4. The summed E-state index contributed by atoms with van der Waals surface area (Å²) in [7, 11) is 0. The van der Waals surface area contributed by atoms with Crippen molar-refractivity contribution in [3.05, 3.63) is 64.8 Å². The first-order valence-electron chi connectivity index (χ1n) is 8.86. The molecule has 4 rings (SSSR count). The summed E-state index contributed by atoms with van der Waals surface area (Å²) in [5, 5.41) is 17.1. The lowest BCUT2D eigenvalue weighted by molar-refractivity contribution is -0.114. The first-order valence-corrected chi connectivity index (χ1v) is 10.2. The number of carbonyl (C=O) groups excluding carboxylic acids is 1. The second-order valence-corrected chi connectivity index (χ2v) is 7.73. The summed E-state index contributed by atoms with van der Waals surface area (Å²) in [4.78, 5) is 16.0. The van der Waals surface area contributed by atoms with E-state index in [2.05, 4.69) is 20.8 Å². The van der Waals surface area contributed by atoms with Crippen molar-refractivity contribution in [3.8, 4) is 5.69 Å². The Bertz CT molecular complexity index is 1210. The van der Waals surface area contributed by atoms with Crippen molar-refractivity contribution in [1.82, 2.24) is 25.2 Å². The molecule has 7 nitrogen and oxygen atoms in total. The summed E-state index contributed by atoms with van der Waals surface area (Å²) in [5.41, 5.74) is 4.13. The lowest BCUT2D eigenvalue weighted by atomic mass is 10.1. The topological polar surface area (TPSA) is 85.6 Å². The molecule has 0 spiro atoms. The van der Waals surface area contributed by atoms with Gasteiger partial charge in [-0.15, -0.1) is 5.10 Å². The number of carbonyl (C=O) groups is 1. The zero-order valence-corrected chi connectivity index (χ0v) is 17.3. The predicted molar refractivity (Wildman–Crippen MR) is 115 cm³/mol. The van der Waals surface area contributed by atoms with Crippen molar-refractivity contribution in [1.29, 1.82) is 0 Å². The predicted octanol–water partition coefficient (Wildman–Crippen LogP) is 4.42. The molecule has 0 radical (unpaired) electrons. The van der Waals surface area contributed by atoms with E-state index >= 15 is 0 Å². The molecule has 1 N–H and O–H groups in total. The maximum atomic E-state index is 11.3. The minimum Gasteiger partial charge on any atom is -0.326 e. The highest BCUT2D eigenvalue weighted by molar-refractivity contribution is 7.98. The van der Waals surface area contributed by atoms with E-state index in [4.69, 9.17) is 16.6 Å². The molecule has 0 aliphatic carbocycles. The number of para-hydroxylation sites is 1. The fourth-order valence-electron chi connectivity index (χ4n) is 3.00. The first-order chi connectivity index (χ1) is 14.0. The van der Waals surface area contributed by atoms with E-state index in [9.17, 15) is 4.79 Å². The van der Waals surface area contributed by atoms with Gasteiger partial charge < -0.3 is 5.32 Å². The van der Waals surface area contributed by atoms with Gasteiger partial charge in [-0.3, -0.25) is 9.78 Å². The molecule has 0 saturated heterocycles. The molecule has 0 bridgehead atoms. The Kier molecular flexibility index (Phi) is 5.46. The van der Waals surface area contributed by atoms with E-state index < -0.39 is 0 Å². The van der Waals surface area contributed by atoms with Crippen molar-refractivity contribution < 1.29 is 4.79 Å². The Morgan fingerprint density at radius 1 is 1.21 bits per heavy atom. The maximum Gasteiger partial charge on any atom is 0.221 e. The van der Waals surface area contributed by atoms with Gasteiger partial charge in [-0.1, -0.05) is 47.6 Å². The molecule has 146 valence electrons. The summed E-state index contributed by atoms with van der Waals surface area (Å²) < 4.78 is 1.62. The Morgan fingerprint density at radius 2 is 2.03 bits per heavy atom. The van der Waals surface area contributed by atoms with E-state index in [1.165, 1.54) is 18.7 Å². The van der Waals surface area contributed by atoms with Gasteiger partial charge in [0, 0.05) is 23.8 Å². The van der Waals surface area contributed by atoms with Crippen LogP contribution in [0.25, 0.3) is 16.6 Å². The second kappa shape index (κ2) is 8.18. The fourth-order valence-corrected chi connectivity index (χ4v) is 4.12. The number of rotatable bonds is 5. The Hall–Kier alpha value is -2.97. The van der Waals surface area contributed by atoms with Crippen molar-refractivity contribution in [3.63, 3.8) is 0 Å². The van der Waals surface area contributed by atoms with Gasteiger partial charge in [-0.2, -0.15) is 4.68 Å². The molecule has 0 aliphatic rings. The van der Waals surface area contributed by atoms with Crippen molar-refractivity contribution in [2.45, 2.75) is 24.8 Å². The molecule has 29 heavy (non-hydrogen) atoms. The number of nitrogens with one attached hydrogen (secondary N) is 1. The molecular weight excluding hydrogens is 408 g/mol. The number of amides is 1. The minimum atomic E-state index is -0.138. The number of anilines is 1. The third kappa shape index (κ3) is 4.08. The van der Waals surface area contributed by atoms with Crippen LogP contribution >= 0.6 is 23.4 Å². The fraction of sp³-hybridized carbons (Fsp3) is 0.150. The van der Waals surface area contributed by atoms with Crippen LogP contribution in [0.1, 0.15) is 18.2 Å². The summed E-state index contributed by atoms with van der Waals surface area (Å²) in [5.74, 6) is 0.386. The van der Waals surface area contributed by atoms with E-state index in [0.717, 1.165) is 27.8 Å². The second-order valence-electron chi connectivity index (χ2n) is 6.41. The average molecular weight is 425 g/mol. The number of pyridine rings is 1. The highest BCUT2D eigenvalue weighted by Gasteiger charge is 2.14. The molecule has 0 fully saturated rings. The van der Waals surface area contributed by atoms with Crippen molar-refractivity contribution in [2.75, 3.05) is 5.32 Å². The summed E-state index contributed by atoms with van der Waals surface area (Å²) in [6.07, 6.45) is 0. The largest absolute Gasteiger partial charge is 0.326 e. The molecule has 1 amide bonds. The lowest BCUT2D eigenvalue weighted by Gasteiger charge is -2.10. The number of hydrogen-bond donors (Lipinski definition) is 1. The summed E-state index contributed by atoms with van der Waals surface area (Å²) >= 11 is 8.01. The van der Waals surface area contributed by atoms with Gasteiger partial charge >= 0.3 is 0 Å². The highest BCUT2D eigenvalue weighted by Crippen LogP contribution is 2.31. The third-order valence-corrected chi connectivity index (χ3v) is 5.77. The zero-order valence-electron chi connectivity index (χ0n) is 15.8. The van der Waals surface area contributed by atoms with Crippen LogP contribution in [0.2, 0.25) is 5.02 Å². The smallest absolute Gasteiger partial charge is 0.221 e. The van der Waals surface area contributed by atoms with Gasteiger partial charge in [0.05, 0.1) is 21.9 Å². The molecule has 9 heteroatoms. The van der Waals surface area contributed by atoms with Crippen LogP contribution in [-0.4, -0.2) is 31.1 Å². The highest BCUT2D eigenvalue weighted by atomic mass is 35.5. The van der Waals surface area contributed by atoms with Crippen LogP contribution in [0, 0.1) is 6.92 Å². The summed E-state index contributed by atoms with van der Waals surface area (Å²) in [6, 6.07) is 15.3. The molecule has 2 aromatic carbocycles. The number of aromatic nitrogens is 5. The van der Waals surface area contributed by atoms with Crippen LogP contribution in [0.5, 0.6) is 0 Å². The molecule has 0 atom stereocenters. The van der Waals surface area contributed by atoms with Crippen molar-refractivity contribution >= 4 is 45.9 Å². The SMILES string of the molecule is CC(=O)Nc1cccc(-n2nnnc2SCc2nc3ccccc3c(C)c2Cl)c1. The average Bonchev–Trinajstić information content (AvgIpc) is 3.18. The molecule has 2 aromatic heterocycles. The van der Waals surface area contributed by atoms with Gasteiger partial charge in [0.15, 0.2) is 0 Å². The van der Waals surface area contributed by atoms with Gasteiger partial charge in [0.25, 0.3) is 0 Å². The van der Waals surface area contributed by atoms with Crippen LogP contribution in [0.3, 0.4) is 0 Å². The maximum absolute atomic E-state index is 11.3. The van der Waals surface area contributed by atoms with Crippen LogP contribution < -0.4 is 5.32 Å². The van der Waals surface area contributed by atoms with Gasteiger partial charge in [-0.25, -0.2) is 0 Å². The Labute approximate surface area is 176 Å². The number of halogens is 1. The summed E-state index contributed by atoms with van der Waals surface area (Å²) in [6.45, 7) is 3.46. The number of tetrazole rings is 1. The third-order valence-electron chi connectivity index (χ3n) is 4.34. The minimum absolute atomic E-state index is 0.138. The first kappa shape index (κ1) is 19.4. The van der Waals surface area contributed by atoms with E-state index in [0.29, 0.717) is 21.6 Å². The normalized spacial score (nSPS) is 11.0. The molecule has 4 aromatic rings. The Morgan fingerprint density at radius 3 is 2.86 bits per heavy atom. The lowest BCUT2D eigenvalue weighted by Crippen LogP contribution is -2.07. The molecule has 0 aliphatic heterocycles. The van der Waals surface area contributed by atoms with Crippen LogP contribution in [-0.2, 0) is 10.5 Å². The molecule has 2 heterocycles.